The van der Waals surface area contributed by atoms with Gasteiger partial charge in [-0.05, 0) is 82.7 Å². The van der Waals surface area contributed by atoms with Crippen LogP contribution in [0.15, 0.2) is 47.4 Å². The fraction of sp³-hybridized carbons (Fsp3) is 0.469. The third-order valence-electron chi connectivity index (χ3n) is 7.19. The number of pyridine rings is 1. The smallest absolute Gasteiger partial charge is 0.420 e. The molecule has 1 saturated heterocycles. The highest BCUT2D eigenvalue weighted by Gasteiger charge is 2.29. The SMILES string of the molecule is CC(C)(C)OC(=O)n1c(Cn2cccc(NC(=O)CCC/C=C/C(=O)N3CCCC3)c2=O)nc2c(CCC(F)(F)F)cc(F)cc21. The summed E-state index contributed by atoms with van der Waals surface area (Å²) in [6.07, 6.45) is 0.403. The number of carbonyl (C=O) groups is 3. The first-order valence-corrected chi connectivity index (χ1v) is 15.1. The molecule has 3 aromatic rings. The molecule has 2 amide bonds. The van der Waals surface area contributed by atoms with E-state index in [4.69, 9.17) is 4.74 Å². The maximum atomic E-state index is 14.6. The van der Waals surface area contributed by atoms with Gasteiger partial charge in [0.25, 0.3) is 5.56 Å². The molecule has 2 aromatic heterocycles. The van der Waals surface area contributed by atoms with E-state index in [1.807, 2.05) is 0 Å². The number of halogens is 4. The molecule has 1 aliphatic heterocycles. The minimum atomic E-state index is -4.50. The summed E-state index contributed by atoms with van der Waals surface area (Å²) in [7, 11) is 0. The van der Waals surface area contributed by atoms with Crippen LogP contribution in [0.25, 0.3) is 11.0 Å². The number of hydrogen-bond acceptors (Lipinski definition) is 6. The van der Waals surface area contributed by atoms with Gasteiger partial charge in [0, 0.05) is 38.2 Å². The monoisotopic (exact) mass is 647 g/mol. The van der Waals surface area contributed by atoms with Crippen molar-refractivity contribution in [3.8, 4) is 0 Å². The van der Waals surface area contributed by atoms with Crippen molar-refractivity contribution in [2.75, 3.05) is 18.4 Å². The molecular weight excluding hydrogens is 610 g/mol. The van der Waals surface area contributed by atoms with Gasteiger partial charge in [-0.25, -0.2) is 18.7 Å². The highest BCUT2D eigenvalue weighted by atomic mass is 19.4. The van der Waals surface area contributed by atoms with Crippen molar-refractivity contribution in [1.29, 1.82) is 0 Å². The normalized spacial score (nSPS) is 13.9. The molecule has 3 heterocycles. The number of aromatic nitrogens is 3. The van der Waals surface area contributed by atoms with Crippen molar-refractivity contribution in [3.63, 3.8) is 0 Å². The Morgan fingerprint density at radius 1 is 1.11 bits per heavy atom. The van der Waals surface area contributed by atoms with Gasteiger partial charge in [0.2, 0.25) is 11.8 Å². The van der Waals surface area contributed by atoms with E-state index in [0.29, 0.717) is 12.8 Å². The number of likely N-dealkylation sites (tertiary alicyclic amines) is 1. The Labute approximate surface area is 263 Å². The second-order valence-electron chi connectivity index (χ2n) is 12.1. The van der Waals surface area contributed by atoms with E-state index < -0.39 is 48.0 Å². The summed E-state index contributed by atoms with van der Waals surface area (Å²) in [6.45, 7) is 6.00. The van der Waals surface area contributed by atoms with Crippen molar-refractivity contribution >= 4 is 34.6 Å². The van der Waals surface area contributed by atoms with E-state index in [1.165, 1.54) is 24.4 Å². The van der Waals surface area contributed by atoms with Crippen LogP contribution in [-0.2, 0) is 27.3 Å². The van der Waals surface area contributed by atoms with E-state index in [-0.39, 0.29) is 47.0 Å². The molecule has 10 nitrogen and oxygen atoms in total. The first-order valence-electron chi connectivity index (χ1n) is 15.1. The molecule has 0 saturated carbocycles. The number of hydrogen-bond donors (Lipinski definition) is 1. The zero-order valence-electron chi connectivity index (χ0n) is 26.0. The average Bonchev–Trinajstić information content (AvgIpc) is 3.61. The molecule has 0 aliphatic carbocycles. The van der Waals surface area contributed by atoms with Crippen molar-refractivity contribution in [1.82, 2.24) is 19.0 Å². The van der Waals surface area contributed by atoms with Crippen LogP contribution in [0.4, 0.5) is 28.0 Å². The average molecular weight is 648 g/mol. The van der Waals surface area contributed by atoms with Gasteiger partial charge >= 0.3 is 12.3 Å². The van der Waals surface area contributed by atoms with Crippen LogP contribution in [0.2, 0.25) is 0 Å². The lowest BCUT2D eigenvalue weighted by Crippen LogP contribution is -2.30. The molecule has 4 rings (SSSR count). The van der Waals surface area contributed by atoms with Gasteiger partial charge in [-0.15, -0.1) is 0 Å². The number of ether oxygens (including phenoxy) is 1. The van der Waals surface area contributed by atoms with Crippen LogP contribution < -0.4 is 10.9 Å². The molecule has 0 atom stereocenters. The number of fused-ring (bicyclic) bond motifs is 1. The number of nitrogens with one attached hydrogen (secondary N) is 1. The Morgan fingerprint density at radius 3 is 2.50 bits per heavy atom. The summed E-state index contributed by atoms with van der Waals surface area (Å²) in [6, 6.07) is 4.82. The van der Waals surface area contributed by atoms with Crippen LogP contribution in [-0.4, -0.2) is 61.8 Å². The van der Waals surface area contributed by atoms with E-state index in [9.17, 15) is 36.7 Å². The second kappa shape index (κ2) is 14.3. The minimum absolute atomic E-state index is 0.0276. The van der Waals surface area contributed by atoms with Crippen LogP contribution in [0, 0.1) is 5.82 Å². The second-order valence-corrected chi connectivity index (χ2v) is 12.1. The summed E-state index contributed by atoms with van der Waals surface area (Å²) < 4.78 is 61.2. The van der Waals surface area contributed by atoms with E-state index in [0.717, 1.165) is 47.2 Å². The molecule has 1 aromatic carbocycles. The molecule has 1 fully saturated rings. The minimum Gasteiger partial charge on any atom is -0.443 e. The number of amides is 2. The van der Waals surface area contributed by atoms with Gasteiger partial charge in [0.05, 0.1) is 17.6 Å². The maximum Gasteiger partial charge on any atom is 0.420 e. The van der Waals surface area contributed by atoms with E-state index in [2.05, 4.69) is 10.3 Å². The third kappa shape index (κ3) is 9.27. The molecular formula is C32H37F4N5O5. The lowest BCUT2D eigenvalue weighted by Gasteiger charge is -2.20. The first-order chi connectivity index (χ1) is 21.6. The van der Waals surface area contributed by atoms with E-state index in [1.54, 1.807) is 31.7 Å². The van der Waals surface area contributed by atoms with Crippen LogP contribution in [0.1, 0.15) is 70.7 Å². The lowest BCUT2D eigenvalue weighted by atomic mass is 10.1. The summed E-state index contributed by atoms with van der Waals surface area (Å²) >= 11 is 0. The summed E-state index contributed by atoms with van der Waals surface area (Å²) in [5.74, 6) is -1.41. The fourth-order valence-electron chi connectivity index (χ4n) is 5.07. The summed E-state index contributed by atoms with van der Waals surface area (Å²) in [5.41, 5.74) is -1.82. The molecule has 0 unspecified atom stereocenters. The number of alkyl halides is 3. The van der Waals surface area contributed by atoms with Crippen LogP contribution in [0.5, 0.6) is 0 Å². The Morgan fingerprint density at radius 2 is 1.83 bits per heavy atom. The highest BCUT2D eigenvalue weighted by molar-refractivity contribution is 5.91. The van der Waals surface area contributed by atoms with Crippen LogP contribution in [0.3, 0.4) is 0 Å². The zero-order valence-corrected chi connectivity index (χ0v) is 26.0. The molecule has 46 heavy (non-hydrogen) atoms. The molecule has 0 radical (unpaired) electrons. The molecule has 0 bridgehead atoms. The van der Waals surface area contributed by atoms with Gasteiger partial charge in [-0.1, -0.05) is 6.08 Å². The van der Waals surface area contributed by atoms with Crippen molar-refractivity contribution < 1.29 is 36.7 Å². The third-order valence-corrected chi connectivity index (χ3v) is 7.19. The predicted molar refractivity (Wildman–Crippen MR) is 163 cm³/mol. The Balaban J connectivity index is 1.53. The number of imidazole rings is 1. The van der Waals surface area contributed by atoms with Crippen molar-refractivity contribution in [2.45, 2.75) is 84.0 Å². The quantitative estimate of drug-likeness (QED) is 0.165. The number of nitrogens with zero attached hydrogens (tertiary/aromatic N) is 4. The topological polar surface area (TPSA) is 116 Å². The number of rotatable bonds is 10. The molecule has 0 spiro atoms. The summed E-state index contributed by atoms with van der Waals surface area (Å²) in [5, 5.41) is 2.58. The Kier molecular flexibility index (Phi) is 10.7. The number of aryl methyl sites for hydroxylation is 1. The van der Waals surface area contributed by atoms with Gasteiger partial charge in [-0.2, -0.15) is 13.2 Å². The molecule has 248 valence electrons. The standard InChI is InChI=1S/C32H37F4N5O5/c1-31(2,3)46-30(45)41-24-19-22(33)18-21(13-14-32(34,35)36)28(24)38-25(41)20-40-17-9-10-23(29(40)44)37-26(42)11-5-4-6-12-27(43)39-15-7-8-16-39/h6,9-10,12,17-19H,4-5,7-8,11,13-16,20H2,1-3H3,(H,37,42)/b12-6+. The first kappa shape index (κ1) is 34.4. The lowest BCUT2D eigenvalue weighted by molar-refractivity contribution is -0.134. The van der Waals surface area contributed by atoms with E-state index >= 15 is 0 Å². The van der Waals surface area contributed by atoms with Crippen molar-refractivity contribution in [3.05, 3.63) is 70.2 Å². The zero-order chi connectivity index (χ0) is 33.6. The number of unbranched alkanes of at least 4 members (excludes halogenated alkanes) is 1. The molecule has 14 heteroatoms. The van der Waals surface area contributed by atoms with Gasteiger partial charge in [-0.3, -0.25) is 14.4 Å². The summed E-state index contributed by atoms with van der Waals surface area (Å²) in [4.78, 5) is 57.4. The number of benzene rings is 1. The molecule has 1 N–H and O–H groups in total. The largest absolute Gasteiger partial charge is 0.443 e. The number of carbonyl (C=O) groups excluding carboxylic acids is 3. The highest BCUT2D eigenvalue weighted by Crippen LogP contribution is 2.28. The van der Waals surface area contributed by atoms with Crippen molar-refractivity contribution in [2.24, 2.45) is 0 Å². The van der Waals surface area contributed by atoms with Gasteiger partial charge < -0.3 is 19.5 Å². The molecule has 1 aliphatic rings. The number of anilines is 1. The predicted octanol–water partition coefficient (Wildman–Crippen LogP) is 5.95. The maximum absolute atomic E-state index is 14.6. The number of allylic oxidation sites excluding steroid dienone is 1. The van der Waals surface area contributed by atoms with Gasteiger partial charge in [0.1, 0.15) is 22.9 Å². The fourth-order valence-corrected chi connectivity index (χ4v) is 5.07. The Bertz CT molecular complexity index is 1680. The van der Waals surface area contributed by atoms with Crippen LogP contribution >= 0.6 is 0 Å². The Hall–Kier alpha value is -4.49. The van der Waals surface area contributed by atoms with Gasteiger partial charge in [0.15, 0.2) is 0 Å².